The van der Waals surface area contributed by atoms with Gasteiger partial charge in [0.1, 0.15) is 0 Å². The Morgan fingerprint density at radius 3 is 2.36 bits per heavy atom. The second-order valence-corrected chi connectivity index (χ2v) is 9.22. The quantitative estimate of drug-likeness (QED) is 0.618. The van der Waals surface area contributed by atoms with Crippen LogP contribution in [0.25, 0.3) is 0 Å². The number of benzene rings is 2. The molecule has 2 aromatic carbocycles. The van der Waals surface area contributed by atoms with Gasteiger partial charge in [0, 0.05) is 24.7 Å². The van der Waals surface area contributed by atoms with Crippen molar-refractivity contribution in [1.82, 2.24) is 10.2 Å². The summed E-state index contributed by atoms with van der Waals surface area (Å²) < 4.78 is 16.5. The van der Waals surface area contributed by atoms with Gasteiger partial charge in [-0.05, 0) is 48.2 Å². The SMILES string of the molecule is COc1ccc(C(CNC(=O)C2(c3ccc(Cl)cc3)CCCC2)N2CCOCC2)cc1OC. The lowest BCUT2D eigenvalue weighted by atomic mass is 9.78. The van der Waals surface area contributed by atoms with E-state index in [0.717, 1.165) is 49.9 Å². The Labute approximate surface area is 201 Å². The fraction of sp³-hybridized carbons (Fsp3) is 0.500. The van der Waals surface area contributed by atoms with Gasteiger partial charge in [0.15, 0.2) is 11.5 Å². The third kappa shape index (κ3) is 5.13. The smallest absolute Gasteiger partial charge is 0.230 e. The van der Waals surface area contributed by atoms with E-state index < -0.39 is 5.41 Å². The van der Waals surface area contributed by atoms with E-state index in [1.54, 1.807) is 14.2 Å². The molecule has 2 aromatic rings. The molecule has 0 spiro atoms. The maximum Gasteiger partial charge on any atom is 0.230 e. The van der Waals surface area contributed by atoms with E-state index in [1.165, 1.54) is 0 Å². The Morgan fingerprint density at radius 1 is 1.06 bits per heavy atom. The van der Waals surface area contributed by atoms with Crippen LogP contribution in [0, 0.1) is 0 Å². The van der Waals surface area contributed by atoms with Crippen LogP contribution < -0.4 is 14.8 Å². The van der Waals surface area contributed by atoms with E-state index in [-0.39, 0.29) is 11.9 Å². The number of carbonyl (C=O) groups excluding carboxylic acids is 1. The molecule has 1 saturated carbocycles. The first-order valence-electron chi connectivity index (χ1n) is 11.7. The third-order valence-electron chi connectivity index (χ3n) is 7.02. The molecule has 1 aliphatic heterocycles. The van der Waals surface area contributed by atoms with Gasteiger partial charge >= 0.3 is 0 Å². The predicted octanol–water partition coefficient (Wildman–Crippen LogP) is 4.36. The monoisotopic (exact) mass is 472 g/mol. The molecule has 1 N–H and O–H groups in total. The number of nitrogens with one attached hydrogen (secondary N) is 1. The molecule has 7 heteroatoms. The zero-order valence-corrected chi connectivity index (χ0v) is 20.2. The van der Waals surface area contributed by atoms with Crippen molar-refractivity contribution in [2.75, 3.05) is 47.1 Å². The molecule has 4 rings (SSSR count). The van der Waals surface area contributed by atoms with Crippen molar-refractivity contribution in [2.45, 2.75) is 37.1 Å². The summed E-state index contributed by atoms with van der Waals surface area (Å²) in [5.41, 5.74) is 1.65. The predicted molar refractivity (Wildman–Crippen MR) is 129 cm³/mol. The van der Waals surface area contributed by atoms with Crippen LogP contribution in [-0.2, 0) is 14.9 Å². The van der Waals surface area contributed by atoms with Gasteiger partial charge in [-0.2, -0.15) is 0 Å². The van der Waals surface area contributed by atoms with E-state index in [1.807, 2.05) is 36.4 Å². The highest BCUT2D eigenvalue weighted by atomic mass is 35.5. The molecule has 33 heavy (non-hydrogen) atoms. The Morgan fingerprint density at radius 2 is 1.73 bits per heavy atom. The largest absolute Gasteiger partial charge is 0.493 e. The number of carbonyl (C=O) groups is 1. The highest BCUT2D eigenvalue weighted by molar-refractivity contribution is 6.30. The summed E-state index contributed by atoms with van der Waals surface area (Å²) in [5, 5.41) is 4.00. The molecular weight excluding hydrogens is 440 g/mol. The van der Waals surface area contributed by atoms with E-state index in [2.05, 4.69) is 16.3 Å². The van der Waals surface area contributed by atoms with Crippen molar-refractivity contribution in [3.63, 3.8) is 0 Å². The van der Waals surface area contributed by atoms with E-state index in [4.69, 9.17) is 25.8 Å². The Balaban J connectivity index is 1.57. The number of ether oxygens (including phenoxy) is 3. The van der Waals surface area contributed by atoms with Gasteiger partial charge in [0.05, 0.1) is 38.9 Å². The lowest BCUT2D eigenvalue weighted by Crippen LogP contribution is -2.48. The fourth-order valence-electron chi connectivity index (χ4n) is 5.16. The number of morpholine rings is 1. The van der Waals surface area contributed by atoms with Gasteiger partial charge in [0.2, 0.25) is 5.91 Å². The average molecular weight is 473 g/mol. The van der Waals surface area contributed by atoms with E-state index in [0.29, 0.717) is 36.3 Å². The first-order valence-corrected chi connectivity index (χ1v) is 12.0. The number of hydrogen-bond donors (Lipinski definition) is 1. The molecule has 6 nitrogen and oxygen atoms in total. The molecule has 1 saturated heterocycles. The van der Waals surface area contributed by atoms with Crippen molar-refractivity contribution in [3.05, 3.63) is 58.6 Å². The number of rotatable bonds is 8. The highest BCUT2D eigenvalue weighted by Gasteiger charge is 2.42. The van der Waals surface area contributed by atoms with Crippen LogP contribution in [-0.4, -0.2) is 57.9 Å². The first-order chi connectivity index (χ1) is 16.1. The summed E-state index contributed by atoms with van der Waals surface area (Å²) >= 11 is 6.11. The van der Waals surface area contributed by atoms with Crippen molar-refractivity contribution in [1.29, 1.82) is 0 Å². The highest BCUT2D eigenvalue weighted by Crippen LogP contribution is 2.42. The number of hydrogen-bond acceptors (Lipinski definition) is 5. The molecule has 1 atom stereocenters. The number of amides is 1. The molecule has 2 fully saturated rings. The number of nitrogens with zero attached hydrogens (tertiary/aromatic N) is 1. The van der Waals surface area contributed by atoms with Crippen molar-refractivity contribution >= 4 is 17.5 Å². The van der Waals surface area contributed by atoms with Crippen molar-refractivity contribution < 1.29 is 19.0 Å². The second kappa shape index (κ2) is 10.8. The summed E-state index contributed by atoms with van der Waals surface area (Å²) in [7, 11) is 3.28. The molecule has 1 aliphatic carbocycles. The van der Waals surface area contributed by atoms with Crippen LogP contribution in [0.4, 0.5) is 0 Å². The minimum absolute atomic E-state index is 0.0151. The topological polar surface area (TPSA) is 60.0 Å². The third-order valence-corrected chi connectivity index (χ3v) is 7.28. The average Bonchev–Trinajstić information content (AvgIpc) is 3.36. The van der Waals surface area contributed by atoms with Crippen LogP contribution in [0.15, 0.2) is 42.5 Å². The lowest BCUT2D eigenvalue weighted by molar-refractivity contribution is -0.127. The Bertz CT molecular complexity index is 938. The van der Waals surface area contributed by atoms with Gasteiger partial charge in [-0.1, -0.05) is 42.6 Å². The van der Waals surface area contributed by atoms with Crippen LogP contribution in [0.1, 0.15) is 42.9 Å². The zero-order chi connectivity index (χ0) is 23.3. The van der Waals surface area contributed by atoms with E-state index in [9.17, 15) is 4.79 Å². The molecular formula is C26H33ClN2O4. The molecule has 1 unspecified atom stereocenters. The number of methoxy groups -OCH3 is 2. The summed E-state index contributed by atoms with van der Waals surface area (Å²) in [6.07, 6.45) is 3.83. The molecule has 0 bridgehead atoms. The van der Waals surface area contributed by atoms with Gasteiger partial charge in [-0.25, -0.2) is 0 Å². The maximum atomic E-state index is 13.7. The minimum atomic E-state index is -0.488. The van der Waals surface area contributed by atoms with Crippen molar-refractivity contribution in [3.8, 4) is 11.5 Å². The summed E-state index contributed by atoms with van der Waals surface area (Å²) in [4.78, 5) is 16.0. The molecule has 178 valence electrons. The van der Waals surface area contributed by atoms with Gasteiger partial charge in [-0.3, -0.25) is 9.69 Å². The normalized spacial score (nSPS) is 19.1. The number of halogens is 1. The minimum Gasteiger partial charge on any atom is -0.493 e. The zero-order valence-electron chi connectivity index (χ0n) is 19.4. The van der Waals surface area contributed by atoms with Crippen LogP contribution in [0.5, 0.6) is 11.5 Å². The van der Waals surface area contributed by atoms with Gasteiger partial charge in [0.25, 0.3) is 0 Å². The van der Waals surface area contributed by atoms with Crippen LogP contribution >= 0.6 is 11.6 Å². The molecule has 1 heterocycles. The van der Waals surface area contributed by atoms with E-state index >= 15 is 0 Å². The Hall–Kier alpha value is -2.28. The maximum absolute atomic E-state index is 13.7. The molecule has 0 aromatic heterocycles. The Kier molecular flexibility index (Phi) is 7.78. The molecule has 0 radical (unpaired) electrons. The van der Waals surface area contributed by atoms with Gasteiger partial charge < -0.3 is 19.5 Å². The first kappa shape index (κ1) is 23.9. The van der Waals surface area contributed by atoms with Crippen LogP contribution in [0.3, 0.4) is 0 Å². The van der Waals surface area contributed by atoms with Crippen molar-refractivity contribution in [2.24, 2.45) is 0 Å². The van der Waals surface area contributed by atoms with Crippen LogP contribution in [0.2, 0.25) is 5.02 Å². The summed E-state index contributed by atoms with van der Waals surface area (Å²) in [5.74, 6) is 1.48. The molecule has 1 amide bonds. The fourth-order valence-corrected chi connectivity index (χ4v) is 5.29. The lowest BCUT2D eigenvalue weighted by Gasteiger charge is -2.36. The van der Waals surface area contributed by atoms with Gasteiger partial charge in [-0.15, -0.1) is 0 Å². The second-order valence-electron chi connectivity index (χ2n) is 8.78. The summed E-state index contributed by atoms with van der Waals surface area (Å²) in [6.45, 7) is 3.52. The molecule has 2 aliphatic rings. The standard InChI is InChI=1S/C26H33ClN2O4/c1-31-23-10-5-19(17-24(23)32-2)22(29-13-15-33-16-14-29)18-28-25(30)26(11-3-4-12-26)20-6-8-21(27)9-7-20/h5-10,17,22H,3-4,11-16,18H2,1-2H3,(H,28,30). The summed E-state index contributed by atoms with van der Waals surface area (Å²) in [6, 6.07) is 13.8.